The average Bonchev–Trinajstić information content (AvgIpc) is 3.49. The highest BCUT2D eigenvalue weighted by Crippen LogP contribution is 2.45. The summed E-state index contributed by atoms with van der Waals surface area (Å²) >= 11 is 0. The van der Waals surface area contributed by atoms with Crippen LogP contribution in [0.25, 0.3) is 0 Å². The lowest BCUT2D eigenvalue weighted by Crippen LogP contribution is -2.21. The van der Waals surface area contributed by atoms with E-state index in [0.29, 0.717) is 28.7 Å². The molecular weight excluding hydrogens is 440 g/mol. The number of carbonyl (C=O) groups excluding carboxylic acids is 1. The minimum absolute atomic E-state index is 0.0214. The van der Waals surface area contributed by atoms with E-state index in [9.17, 15) is 10.1 Å². The van der Waals surface area contributed by atoms with Crippen molar-refractivity contribution >= 4 is 5.97 Å². The van der Waals surface area contributed by atoms with Crippen molar-refractivity contribution in [1.82, 2.24) is 10.2 Å². The molecule has 3 aromatic rings. The van der Waals surface area contributed by atoms with Crippen LogP contribution >= 0.6 is 0 Å². The number of furan rings is 1. The third kappa shape index (κ3) is 4.15. The Kier molecular flexibility index (Phi) is 6.45. The number of esters is 1. The lowest BCUT2D eigenvalue weighted by Gasteiger charge is -2.24. The summed E-state index contributed by atoms with van der Waals surface area (Å²) in [5, 5.41) is 17.1. The quantitative estimate of drug-likeness (QED) is 0.478. The van der Waals surface area contributed by atoms with Gasteiger partial charge in [-0.05, 0) is 36.2 Å². The Labute approximate surface area is 195 Å². The highest BCUT2D eigenvalue weighted by molar-refractivity contribution is 5.86. The number of aromatic amines is 1. The van der Waals surface area contributed by atoms with E-state index in [1.165, 1.54) is 20.3 Å². The number of nitriles is 1. The molecule has 0 radical (unpaired) electrons. The number of methoxy groups -OCH3 is 2. The van der Waals surface area contributed by atoms with Crippen LogP contribution in [0.1, 0.15) is 52.4 Å². The maximum absolute atomic E-state index is 11.6. The van der Waals surface area contributed by atoms with Gasteiger partial charge in [0.25, 0.3) is 0 Å². The first-order valence-electron chi connectivity index (χ1n) is 10.6. The van der Waals surface area contributed by atoms with Crippen molar-refractivity contribution in [2.75, 3.05) is 14.2 Å². The van der Waals surface area contributed by atoms with Crippen molar-refractivity contribution in [2.24, 2.45) is 5.73 Å². The van der Waals surface area contributed by atoms with Crippen LogP contribution in [0, 0.1) is 11.3 Å². The first-order valence-corrected chi connectivity index (χ1v) is 10.6. The summed E-state index contributed by atoms with van der Waals surface area (Å²) in [5.74, 6) is 0.820. The molecule has 0 fully saturated rings. The summed E-state index contributed by atoms with van der Waals surface area (Å²) in [5.41, 5.74) is 8.79. The lowest BCUT2D eigenvalue weighted by molar-refractivity contribution is 0.0561. The zero-order valence-corrected chi connectivity index (χ0v) is 19.0. The van der Waals surface area contributed by atoms with Crippen LogP contribution in [-0.2, 0) is 17.8 Å². The van der Waals surface area contributed by atoms with E-state index in [-0.39, 0.29) is 18.3 Å². The molecule has 0 unspecified atom stereocenters. The molecule has 0 bridgehead atoms. The van der Waals surface area contributed by atoms with Gasteiger partial charge >= 0.3 is 5.97 Å². The van der Waals surface area contributed by atoms with E-state index in [0.717, 1.165) is 29.7 Å². The predicted molar refractivity (Wildman–Crippen MR) is 119 cm³/mol. The average molecular weight is 464 g/mol. The van der Waals surface area contributed by atoms with E-state index in [1.807, 2.05) is 6.07 Å². The van der Waals surface area contributed by atoms with Gasteiger partial charge in [0.1, 0.15) is 24.0 Å². The first kappa shape index (κ1) is 22.8. The second kappa shape index (κ2) is 9.62. The number of aromatic nitrogens is 2. The first-order chi connectivity index (χ1) is 16.5. The Morgan fingerprint density at radius 1 is 1.26 bits per heavy atom. The van der Waals surface area contributed by atoms with E-state index >= 15 is 0 Å². The van der Waals surface area contributed by atoms with Crippen molar-refractivity contribution in [2.45, 2.75) is 32.3 Å². The van der Waals surface area contributed by atoms with Crippen LogP contribution in [0.2, 0.25) is 0 Å². The summed E-state index contributed by atoms with van der Waals surface area (Å²) in [7, 11) is 2.81. The molecule has 0 amide bonds. The number of allylic oxidation sites excluding steroid dienone is 1. The monoisotopic (exact) mass is 464 g/mol. The van der Waals surface area contributed by atoms with Gasteiger partial charge < -0.3 is 29.1 Å². The summed E-state index contributed by atoms with van der Waals surface area (Å²) in [6.45, 7) is 2.14. The Balaban J connectivity index is 1.64. The second-order valence-corrected chi connectivity index (χ2v) is 7.55. The van der Waals surface area contributed by atoms with Crippen molar-refractivity contribution in [3.63, 3.8) is 0 Å². The van der Waals surface area contributed by atoms with Crippen LogP contribution in [-0.4, -0.2) is 30.4 Å². The van der Waals surface area contributed by atoms with Gasteiger partial charge in [-0.2, -0.15) is 5.26 Å². The summed E-state index contributed by atoms with van der Waals surface area (Å²) in [6, 6.07) is 10.7. The number of hydrogen-bond donors (Lipinski definition) is 2. The summed E-state index contributed by atoms with van der Waals surface area (Å²) < 4.78 is 27.1. The lowest BCUT2D eigenvalue weighted by atomic mass is 9.83. The van der Waals surface area contributed by atoms with Crippen molar-refractivity contribution in [3.05, 3.63) is 70.1 Å². The van der Waals surface area contributed by atoms with Crippen molar-refractivity contribution in [3.8, 4) is 23.4 Å². The van der Waals surface area contributed by atoms with Crippen LogP contribution < -0.4 is 19.9 Å². The zero-order valence-electron chi connectivity index (χ0n) is 19.0. The Morgan fingerprint density at radius 3 is 2.79 bits per heavy atom. The molecule has 3 N–H and O–H groups in total. The van der Waals surface area contributed by atoms with Gasteiger partial charge in [0.05, 0.1) is 20.1 Å². The SMILES string of the molecule is CCCc1[nH]nc2c1[C@H](c1ccc(OCc3ccc(C(=O)OC)o3)c(OC)c1)C(C#N)=C(N)O2. The number of aryl methyl sites for hydroxylation is 1. The molecule has 1 aliphatic heterocycles. The van der Waals surface area contributed by atoms with Gasteiger partial charge in [0.2, 0.25) is 17.5 Å². The Morgan fingerprint density at radius 2 is 2.09 bits per heavy atom. The molecule has 1 atom stereocenters. The molecule has 0 saturated heterocycles. The largest absolute Gasteiger partial charge is 0.493 e. The number of rotatable bonds is 8. The standard InChI is InChI=1S/C24H24N4O6/c1-4-5-16-21-20(15(11-25)22(26)34-23(21)28-27-16)13-6-8-17(19(10-13)30-2)32-12-14-7-9-18(33-14)24(29)31-3/h6-10,20H,4-5,12,26H2,1-3H3,(H,27,28)/t20-/m1/s1. The smallest absolute Gasteiger partial charge is 0.373 e. The molecule has 4 rings (SSSR count). The maximum atomic E-state index is 11.6. The number of fused-ring (bicyclic) bond motifs is 1. The fraction of sp³-hybridized carbons (Fsp3) is 0.292. The third-order valence-electron chi connectivity index (χ3n) is 5.46. The molecule has 10 nitrogen and oxygen atoms in total. The van der Waals surface area contributed by atoms with Crippen LogP contribution in [0.15, 0.2) is 46.2 Å². The molecular formula is C24H24N4O6. The van der Waals surface area contributed by atoms with Gasteiger partial charge in [-0.1, -0.05) is 19.4 Å². The minimum atomic E-state index is -0.564. The van der Waals surface area contributed by atoms with Crippen molar-refractivity contribution < 1.29 is 28.2 Å². The number of nitrogens with zero attached hydrogens (tertiary/aromatic N) is 2. The molecule has 3 heterocycles. The molecule has 0 saturated carbocycles. The number of nitrogens with two attached hydrogens (primary N) is 1. The number of carbonyl (C=O) groups is 1. The normalized spacial score (nSPS) is 14.7. The Bertz CT molecular complexity index is 1280. The van der Waals surface area contributed by atoms with Crippen LogP contribution in [0.5, 0.6) is 17.4 Å². The molecule has 176 valence electrons. The highest BCUT2D eigenvalue weighted by atomic mass is 16.5. The summed E-state index contributed by atoms with van der Waals surface area (Å²) in [4.78, 5) is 11.6. The van der Waals surface area contributed by atoms with Gasteiger partial charge in [-0.15, -0.1) is 5.10 Å². The highest BCUT2D eigenvalue weighted by Gasteiger charge is 2.35. The molecule has 34 heavy (non-hydrogen) atoms. The molecule has 0 aliphatic carbocycles. The minimum Gasteiger partial charge on any atom is -0.493 e. The second-order valence-electron chi connectivity index (χ2n) is 7.55. The number of ether oxygens (including phenoxy) is 4. The van der Waals surface area contributed by atoms with Crippen LogP contribution in [0.4, 0.5) is 0 Å². The fourth-order valence-electron chi connectivity index (χ4n) is 3.88. The molecule has 0 spiro atoms. The van der Waals surface area contributed by atoms with E-state index in [1.54, 1.807) is 18.2 Å². The number of nitrogens with one attached hydrogen (secondary N) is 1. The van der Waals surface area contributed by atoms with Gasteiger partial charge in [-0.3, -0.25) is 5.10 Å². The van der Waals surface area contributed by atoms with Crippen LogP contribution in [0.3, 0.4) is 0 Å². The maximum Gasteiger partial charge on any atom is 0.373 e. The molecule has 10 heteroatoms. The predicted octanol–water partition coefficient (Wildman–Crippen LogP) is 3.55. The third-order valence-corrected chi connectivity index (χ3v) is 5.46. The Hall–Kier alpha value is -4.39. The molecule has 1 aliphatic rings. The fourth-order valence-corrected chi connectivity index (χ4v) is 3.88. The number of H-pyrrole nitrogens is 1. The van der Waals surface area contributed by atoms with Crippen molar-refractivity contribution in [1.29, 1.82) is 5.26 Å². The molecule has 2 aromatic heterocycles. The van der Waals surface area contributed by atoms with E-state index < -0.39 is 11.9 Å². The van der Waals surface area contributed by atoms with Gasteiger partial charge in [0.15, 0.2) is 11.5 Å². The van der Waals surface area contributed by atoms with Gasteiger partial charge in [0, 0.05) is 11.3 Å². The zero-order chi connectivity index (χ0) is 24.2. The summed E-state index contributed by atoms with van der Waals surface area (Å²) in [6.07, 6.45) is 1.64. The number of hydrogen-bond acceptors (Lipinski definition) is 9. The topological polar surface area (TPSA) is 146 Å². The molecule has 1 aromatic carbocycles. The van der Waals surface area contributed by atoms with E-state index in [2.05, 4.69) is 27.9 Å². The van der Waals surface area contributed by atoms with E-state index in [4.69, 9.17) is 24.4 Å². The number of benzene rings is 1. The van der Waals surface area contributed by atoms with Gasteiger partial charge in [-0.25, -0.2) is 4.79 Å².